The molecular formula is C25H28N2O3S. The molecule has 5 nitrogen and oxygen atoms in total. The van der Waals surface area contributed by atoms with Crippen LogP contribution < -0.4 is 0 Å². The number of aromatic hydroxyl groups is 1. The van der Waals surface area contributed by atoms with Crippen LogP contribution in [0.3, 0.4) is 0 Å². The number of fused-ring (bicyclic) bond motifs is 2. The van der Waals surface area contributed by atoms with E-state index in [1.54, 1.807) is 16.4 Å². The lowest BCUT2D eigenvalue weighted by Crippen LogP contribution is -2.48. The van der Waals surface area contributed by atoms with E-state index >= 15 is 0 Å². The molecule has 0 unspecified atom stereocenters. The van der Waals surface area contributed by atoms with Crippen molar-refractivity contribution in [1.82, 2.24) is 9.21 Å². The minimum atomic E-state index is -3.48. The van der Waals surface area contributed by atoms with Gasteiger partial charge in [0.05, 0.1) is 4.90 Å². The van der Waals surface area contributed by atoms with Crippen molar-refractivity contribution in [1.29, 1.82) is 0 Å². The van der Waals surface area contributed by atoms with Crippen molar-refractivity contribution < 1.29 is 13.5 Å². The van der Waals surface area contributed by atoms with Gasteiger partial charge in [-0.2, -0.15) is 4.31 Å². The molecule has 0 radical (unpaired) electrons. The average Bonchev–Trinajstić information content (AvgIpc) is 2.81. The van der Waals surface area contributed by atoms with Gasteiger partial charge in [-0.05, 0) is 65.8 Å². The summed E-state index contributed by atoms with van der Waals surface area (Å²) in [6.07, 6.45) is 4.35. The summed E-state index contributed by atoms with van der Waals surface area (Å²) in [5.41, 5.74) is 3.39. The Labute approximate surface area is 184 Å². The lowest BCUT2D eigenvalue weighted by Gasteiger charge is -2.34. The number of phenols is 1. The molecule has 1 aliphatic heterocycles. The summed E-state index contributed by atoms with van der Waals surface area (Å²) >= 11 is 0. The summed E-state index contributed by atoms with van der Waals surface area (Å²) in [5.74, 6) is 0.294. The van der Waals surface area contributed by atoms with Crippen LogP contribution in [0, 0.1) is 0 Å². The first-order valence-corrected chi connectivity index (χ1v) is 12.5. The van der Waals surface area contributed by atoms with Crippen molar-refractivity contribution in [2.45, 2.75) is 37.1 Å². The number of hydrogen-bond donors (Lipinski definition) is 1. The monoisotopic (exact) mass is 436 g/mol. The zero-order valence-corrected chi connectivity index (χ0v) is 18.4. The van der Waals surface area contributed by atoms with Gasteiger partial charge in [0.25, 0.3) is 0 Å². The minimum absolute atomic E-state index is 0.294. The molecule has 0 aromatic heterocycles. The van der Waals surface area contributed by atoms with E-state index in [-0.39, 0.29) is 0 Å². The molecule has 6 heteroatoms. The Hall–Kier alpha value is -2.41. The molecule has 2 aliphatic rings. The molecule has 162 valence electrons. The molecule has 1 heterocycles. The second-order valence-corrected chi connectivity index (χ2v) is 10.5. The fourth-order valence-electron chi connectivity index (χ4n) is 4.86. The maximum Gasteiger partial charge on any atom is 0.243 e. The summed E-state index contributed by atoms with van der Waals surface area (Å²) in [7, 11) is -3.48. The summed E-state index contributed by atoms with van der Waals surface area (Å²) in [5, 5.41) is 12.6. The number of aryl methyl sites for hydroxylation is 2. The highest BCUT2D eigenvalue weighted by atomic mass is 32.2. The van der Waals surface area contributed by atoms with E-state index in [2.05, 4.69) is 4.90 Å². The average molecular weight is 437 g/mol. The normalized spacial score (nSPS) is 18.2. The summed E-state index contributed by atoms with van der Waals surface area (Å²) < 4.78 is 28.1. The Balaban J connectivity index is 1.30. The van der Waals surface area contributed by atoms with Crippen LogP contribution >= 0.6 is 0 Å². The van der Waals surface area contributed by atoms with Crippen LogP contribution in [-0.2, 0) is 29.4 Å². The maximum absolute atomic E-state index is 13.2. The Morgan fingerprint density at radius 1 is 0.839 bits per heavy atom. The van der Waals surface area contributed by atoms with Gasteiger partial charge in [-0.25, -0.2) is 8.42 Å². The molecule has 3 aromatic carbocycles. The Kier molecular flexibility index (Phi) is 5.46. The number of phenolic OH excluding ortho intramolecular Hbond substituents is 1. The predicted octanol–water partition coefficient (Wildman–Crippen LogP) is 3.93. The zero-order chi connectivity index (χ0) is 21.4. The van der Waals surface area contributed by atoms with Gasteiger partial charge in [-0.1, -0.05) is 36.4 Å². The van der Waals surface area contributed by atoms with Crippen molar-refractivity contribution in [2.24, 2.45) is 0 Å². The van der Waals surface area contributed by atoms with Gasteiger partial charge < -0.3 is 5.11 Å². The standard InChI is InChI=1S/C25H28N2O3S/c28-25-12-10-20-6-3-4-8-23(20)24(25)18-26-13-15-27(16-14-26)31(29,30)22-11-9-19-5-1-2-7-21(19)17-22/h3-4,6,8-12,17,28H,1-2,5,7,13-16,18H2. The highest BCUT2D eigenvalue weighted by Crippen LogP contribution is 2.30. The fourth-order valence-corrected chi connectivity index (χ4v) is 6.33. The van der Waals surface area contributed by atoms with Crippen molar-refractivity contribution in [3.63, 3.8) is 0 Å². The lowest BCUT2D eigenvalue weighted by atomic mass is 9.92. The molecular weight excluding hydrogens is 408 g/mol. The van der Waals surface area contributed by atoms with E-state index in [0.29, 0.717) is 43.4 Å². The number of nitrogens with zero attached hydrogens (tertiary/aromatic N) is 2. The summed E-state index contributed by atoms with van der Waals surface area (Å²) in [4.78, 5) is 2.65. The van der Waals surface area contributed by atoms with Gasteiger partial charge in [0, 0.05) is 38.3 Å². The minimum Gasteiger partial charge on any atom is -0.508 e. The molecule has 1 aliphatic carbocycles. The van der Waals surface area contributed by atoms with E-state index in [9.17, 15) is 13.5 Å². The number of hydrogen-bond acceptors (Lipinski definition) is 4. The van der Waals surface area contributed by atoms with Gasteiger partial charge in [0.1, 0.15) is 5.75 Å². The second kappa shape index (κ2) is 8.26. The SMILES string of the molecule is O=S(=O)(c1ccc2c(c1)CCCC2)N1CCN(Cc2c(O)ccc3ccccc23)CC1. The maximum atomic E-state index is 13.2. The molecule has 1 saturated heterocycles. The topological polar surface area (TPSA) is 60.9 Å². The third-order valence-corrected chi connectivity index (χ3v) is 8.58. The Morgan fingerprint density at radius 3 is 2.39 bits per heavy atom. The van der Waals surface area contributed by atoms with Crippen molar-refractivity contribution in [3.8, 4) is 5.75 Å². The second-order valence-electron chi connectivity index (χ2n) is 8.60. The quantitative estimate of drug-likeness (QED) is 0.673. The van der Waals surface area contributed by atoms with Crippen LogP contribution in [0.15, 0.2) is 59.5 Å². The van der Waals surface area contributed by atoms with Crippen molar-refractivity contribution in [2.75, 3.05) is 26.2 Å². The number of rotatable bonds is 4. The summed E-state index contributed by atoms with van der Waals surface area (Å²) in [6.45, 7) is 2.83. The zero-order valence-electron chi connectivity index (χ0n) is 17.6. The number of piperazine rings is 1. The van der Waals surface area contributed by atoms with Crippen LogP contribution in [0.1, 0.15) is 29.5 Å². The third kappa shape index (κ3) is 3.95. The molecule has 1 fully saturated rings. The first-order valence-electron chi connectivity index (χ1n) is 11.1. The number of benzene rings is 3. The van der Waals surface area contributed by atoms with Crippen LogP contribution in [-0.4, -0.2) is 48.9 Å². The van der Waals surface area contributed by atoms with Crippen molar-refractivity contribution in [3.05, 3.63) is 71.3 Å². The summed E-state index contributed by atoms with van der Waals surface area (Å²) in [6, 6.07) is 17.4. The molecule has 31 heavy (non-hydrogen) atoms. The van der Waals surface area contributed by atoms with E-state index < -0.39 is 10.0 Å². The lowest BCUT2D eigenvalue weighted by molar-refractivity contribution is 0.180. The van der Waals surface area contributed by atoms with E-state index in [1.165, 1.54) is 17.5 Å². The van der Waals surface area contributed by atoms with Gasteiger partial charge >= 0.3 is 0 Å². The molecule has 0 saturated carbocycles. The Bertz CT molecular complexity index is 1210. The predicted molar refractivity (Wildman–Crippen MR) is 123 cm³/mol. The van der Waals surface area contributed by atoms with Gasteiger partial charge in [0.15, 0.2) is 0 Å². The molecule has 5 rings (SSSR count). The van der Waals surface area contributed by atoms with Crippen LogP contribution in [0.4, 0.5) is 0 Å². The van der Waals surface area contributed by atoms with Crippen LogP contribution in [0.2, 0.25) is 0 Å². The smallest absolute Gasteiger partial charge is 0.243 e. The Morgan fingerprint density at radius 2 is 1.58 bits per heavy atom. The fraction of sp³-hybridized carbons (Fsp3) is 0.360. The van der Waals surface area contributed by atoms with Crippen LogP contribution in [0.5, 0.6) is 5.75 Å². The largest absolute Gasteiger partial charge is 0.508 e. The van der Waals surface area contributed by atoms with Crippen LogP contribution in [0.25, 0.3) is 10.8 Å². The molecule has 0 atom stereocenters. The van der Waals surface area contributed by atoms with Gasteiger partial charge in [0.2, 0.25) is 10.0 Å². The highest BCUT2D eigenvalue weighted by Gasteiger charge is 2.29. The van der Waals surface area contributed by atoms with E-state index in [4.69, 9.17) is 0 Å². The molecule has 1 N–H and O–H groups in total. The van der Waals surface area contributed by atoms with E-state index in [1.807, 2.05) is 42.5 Å². The number of sulfonamides is 1. The highest BCUT2D eigenvalue weighted by molar-refractivity contribution is 7.89. The molecule has 0 amide bonds. The third-order valence-electron chi connectivity index (χ3n) is 6.69. The molecule has 0 bridgehead atoms. The first kappa shape index (κ1) is 20.5. The molecule has 0 spiro atoms. The van der Waals surface area contributed by atoms with Gasteiger partial charge in [-0.3, -0.25) is 4.90 Å². The van der Waals surface area contributed by atoms with E-state index in [0.717, 1.165) is 35.6 Å². The van der Waals surface area contributed by atoms with Gasteiger partial charge in [-0.15, -0.1) is 0 Å². The molecule has 3 aromatic rings. The van der Waals surface area contributed by atoms with Crippen molar-refractivity contribution >= 4 is 20.8 Å². The first-order chi connectivity index (χ1) is 15.0.